The van der Waals surface area contributed by atoms with Crippen LogP contribution in [0.4, 0.5) is 0 Å². The van der Waals surface area contributed by atoms with Gasteiger partial charge in [-0.2, -0.15) is 9.78 Å². The summed E-state index contributed by atoms with van der Waals surface area (Å²) in [6.45, 7) is 0. The zero-order valence-corrected chi connectivity index (χ0v) is 15.7. The molecule has 0 aliphatic rings. The molecule has 0 amide bonds. The molecule has 0 unspecified atom stereocenters. The van der Waals surface area contributed by atoms with Crippen LogP contribution in [0.3, 0.4) is 0 Å². The largest absolute Gasteiger partial charge is 0.453 e. The summed E-state index contributed by atoms with van der Waals surface area (Å²) in [6, 6.07) is 19.7. The smallest absolute Gasteiger partial charge is 0.282 e. The summed E-state index contributed by atoms with van der Waals surface area (Å²) in [5.74, 6) is 0.719. The molecule has 29 heavy (non-hydrogen) atoms. The van der Waals surface area contributed by atoms with Crippen LogP contribution in [0, 0.1) is 0 Å². The van der Waals surface area contributed by atoms with E-state index in [9.17, 15) is 4.79 Å². The van der Waals surface area contributed by atoms with E-state index in [1.165, 1.54) is 10.9 Å². The molecule has 3 aromatic heterocycles. The van der Waals surface area contributed by atoms with Gasteiger partial charge in [0.1, 0.15) is 5.58 Å². The van der Waals surface area contributed by atoms with Crippen LogP contribution in [0.5, 0.6) is 0 Å². The van der Waals surface area contributed by atoms with Gasteiger partial charge in [0.25, 0.3) is 5.56 Å². The maximum absolute atomic E-state index is 13.1. The minimum absolute atomic E-state index is 0.295. The molecule has 0 fully saturated rings. The van der Waals surface area contributed by atoms with Gasteiger partial charge >= 0.3 is 0 Å². The second kappa shape index (κ2) is 7.00. The number of rotatable bonds is 3. The van der Waals surface area contributed by atoms with E-state index >= 15 is 0 Å². The highest BCUT2D eigenvalue weighted by Crippen LogP contribution is 2.29. The standard InChI is InChI=1S/C22H13ClN4O2/c23-15-8-9-19-14(11-15)12-20(29-19)21-26-18-7-2-1-6-17(18)22(28)27(21)25-13-16-5-3-4-10-24-16/h1-13H. The van der Waals surface area contributed by atoms with Crippen LogP contribution in [0.2, 0.25) is 5.02 Å². The summed E-state index contributed by atoms with van der Waals surface area (Å²) in [6.07, 6.45) is 3.17. The Balaban J connectivity index is 1.76. The second-order valence-corrected chi connectivity index (χ2v) is 6.80. The summed E-state index contributed by atoms with van der Waals surface area (Å²) >= 11 is 6.08. The number of hydrogen-bond donors (Lipinski definition) is 0. The van der Waals surface area contributed by atoms with Crippen molar-refractivity contribution >= 4 is 39.7 Å². The first-order valence-electron chi connectivity index (χ1n) is 8.86. The van der Waals surface area contributed by atoms with E-state index in [0.29, 0.717) is 38.8 Å². The van der Waals surface area contributed by atoms with Crippen molar-refractivity contribution in [1.29, 1.82) is 0 Å². The SMILES string of the molecule is O=c1c2ccccc2nc(-c2cc3cc(Cl)ccc3o2)n1N=Cc1ccccn1. The van der Waals surface area contributed by atoms with Crippen LogP contribution in [0.15, 0.2) is 87.2 Å². The van der Waals surface area contributed by atoms with Crippen molar-refractivity contribution in [3.8, 4) is 11.6 Å². The number of aromatic nitrogens is 3. The Labute approximate surface area is 169 Å². The van der Waals surface area contributed by atoms with E-state index in [2.05, 4.69) is 15.1 Å². The van der Waals surface area contributed by atoms with Crippen molar-refractivity contribution in [3.63, 3.8) is 0 Å². The first kappa shape index (κ1) is 17.3. The highest BCUT2D eigenvalue weighted by Gasteiger charge is 2.16. The summed E-state index contributed by atoms with van der Waals surface area (Å²) in [4.78, 5) is 22.0. The molecule has 7 heteroatoms. The molecule has 0 N–H and O–H groups in total. The van der Waals surface area contributed by atoms with Crippen molar-refractivity contribution < 1.29 is 4.42 Å². The number of fused-ring (bicyclic) bond motifs is 2. The lowest BCUT2D eigenvalue weighted by atomic mass is 10.2. The number of furan rings is 1. The molecule has 0 atom stereocenters. The second-order valence-electron chi connectivity index (χ2n) is 6.36. The third kappa shape index (κ3) is 3.19. The molecule has 0 bridgehead atoms. The normalized spacial score (nSPS) is 11.6. The first-order valence-corrected chi connectivity index (χ1v) is 9.23. The van der Waals surface area contributed by atoms with Gasteiger partial charge in [-0.25, -0.2) is 4.98 Å². The molecule has 5 aromatic rings. The van der Waals surface area contributed by atoms with Crippen LogP contribution in [0.1, 0.15) is 5.69 Å². The monoisotopic (exact) mass is 400 g/mol. The molecule has 0 aliphatic heterocycles. The average molecular weight is 401 g/mol. The van der Waals surface area contributed by atoms with Crippen molar-refractivity contribution in [2.45, 2.75) is 0 Å². The quantitative estimate of drug-likeness (QED) is 0.410. The predicted octanol–water partition coefficient (Wildman–Crippen LogP) is 4.74. The van der Waals surface area contributed by atoms with E-state index in [1.54, 1.807) is 54.7 Å². The molecule has 3 heterocycles. The minimum atomic E-state index is -0.295. The Morgan fingerprint density at radius 2 is 1.90 bits per heavy atom. The Kier molecular flexibility index (Phi) is 4.18. The lowest BCUT2D eigenvalue weighted by molar-refractivity contribution is 0.616. The van der Waals surface area contributed by atoms with Gasteiger partial charge in [0.05, 0.1) is 22.8 Å². The molecular weight excluding hydrogens is 388 g/mol. The molecule has 0 aliphatic carbocycles. The van der Waals surface area contributed by atoms with Gasteiger partial charge < -0.3 is 4.42 Å². The predicted molar refractivity (Wildman–Crippen MR) is 113 cm³/mol. The molecule has 2 aromatic carbocycles. The fraction of sp³-hybridized carbons (Fsp3) is 0. The lowest BCUT2D eigenvalue weighted by Crippen LogP contribution is -2.20. The fourth-order valence-electron chi connectivity index (χ4n) is 3.08. The third-order valence-electron chi connectivity index (χ3n) is 4.45. The van der Waals surface area contributed by atoms with E-state index in [1.807, 2.05) is 18.2 Å². The summed E-state index contributed by atoms with van der Waals surface area (Å²) < 4.78 is 7.17. The highest BCUT2D eigenvalue weighted by atomic mass is 35.5. The highest BCUT2D eigenvalue weighted by molar-refractivity contribution is 6.31. The Morgan fingerprint density at radius 1 is 1.03 bits per heavy atom. The van der Waals surface area contributed by atoms with Gasteiger partial charge in [0, 0.05) is 16.6 Å². The summed E-state index contributed by atoms with van der Waals surface area (Å²) in [5.41, 5.74) is 1.54. The Bertz CT molecular complexity index is 1440. The number of halogens is 1. The zero-order chi connectivity index (χ0) is 19.8. The number of benzene rings is 2. The molecule has 0 saturated carbocycles. The molecule has 0 saturated heterocycles. The van der Waals surface area contributed by atoms with Gasteiger partial charge in [-0.05, 0) is 48.5 Å². The number of para-hydroxylation sites is 1. The zero-order valence-electron chi connectivity index (χ0n) is 15.0. The molecule has 0 radical (unpaired) electrons. The molecular formula is C22H13ClN4O2. The van der Waals surface area contributed by atoms with E-state index in [-0.39, 0.29) is 5.56 Å². The van der Waals surface area contributed by atoms with Crippen molar-refractivity contribution in [2.75, 3.05) is 0 Å². The van der Waals surface area contributed by atoms with Crippen LogP contribution in [-0.4, -0.2) is 20.9 Å². The fourth-order valence-corrected chi connectivity index (χ4v) is 3.26. The van der Waals surface area contributed by atoms with E-state index < -0.39 is 0 Å². The van der Waals surface area contributed by atoms with Gasteiger partial charge in [0.2, 0.25) is 5.82 Å². The van der Waals surface area contributed by atoms with Crippen molar-refractivity contribution in [2.24, 2.45) is 5.10 Å². The maximum atomic E-state index is 13.1. The van der Waals surface area contributed by atoms with Crippen LogP contribution >= 0.6 is 11.6 Å². The Hall–Kier alpha value is -3.77. The number of nitrogens with zero attached hydrogens (tertiary/aromatic N) is 4. The summed E-state index contributed by atoms with van der Waals surface area (Å²) in [7, 11) is 0. The molecule has 5 rings (SSSR count). The summed E-state index contributed by atoms with van der Waals surface area (Å²) in [5, 5.41) is 6.24. The van der Waals surface area contributed by atoms with Crippen molar-refractivity contribution in [3.05, 3.63) is 94.0 Å². The van der Waals surface area contributed by atoms with Crippen LogP contribution in [0.25, 0.3) is 33.5 Å². The van der Waals surface area contributed by atoms with Gasteiger partial charge in [0.15, 0.2) is 5.76 Å². The minimum Gasteiger partial charge on any atom is -0.453 e. The lowest BCUT2D eigenvalue weighted by Gasteiger charge is -2.07. The van der Waals surface area contributed by atoms with Crippen molar-refractivity contribution in [1.82, 2.24) is 14.6 Å². The molecule has 6 nitrogen and oxygen atoms in total. The Morgan fingerprint density at radius 3 is 2.76 bits per heavy atom. The first-order chi connectivity index (χ1) is 14.2. The maximum Gasteiger partial charge on any atom is 0.282 e. The van der Waals surface area contributed by atoms with Gasteiger partial charge in [-0.15, -0.1) is 0 Å². The third-order valence-corrected chi connectivity index (χ3v) is 4.68. The van der Waals surface area contributed by atoms with Gasteiger partial charge in [-0.1, -0.05) is 29.8 Å². The van der Waals surface area contributed by atoms with E-state index in [4.69, 9.17) is 16.0 Å². The number of hydrogen-bond acceptors (Lipinski definition) is 5. The topological polar surface area (TPSA) is 73.3 Å². The van der Waals surface area contributed by atoms with Gasteiger partial charge in [-0.3, -0.25) is 9.78 Å². The van der Waals surface area contributed by atoms with Crippen LogP contribution in [-0.2, 0) is 0 Å². The number of pyridine rings is 1. The molecule has 140 valence electrons. The van der Waals surface area contributed by atoms with Crippen LogP contribution < -0.4 is 5.56 Å². The average Bonchev–Trinajstić information content (AvgIpc) is 3.17. The van der Waals surface area contributed by atoms with E-state index in [0.717, 1.165) is 5.39 Å². The molecule has 0 spiro atoms.